The number of hydrogen-bond donors (Lipinski definition) is 1. The second-order valence-corrected chi connectivity index (χ2v) is 8.66. The fourth-order valence-electron chi connectivity index (χ4n) is 6.66. The Hall–Kier alpha value is -0.840. The number of fused-ring (bicyclic) bond motifs is 5. The van der Waals surface area contributed by atoms with Gasteiger partial charge in [-0.05, 0) is 74.7 Å². The molecule has 1 N–H and O–H groups in total. The van der Waals surface area contributed by atoms with Crippen LogP contribution in [0.5, 0.6) is 0 Å². The smallest absolute Gasteiger partial charge is 0.380 e. The molecular formula is C19H25F3O2. The average molecular weight is 342 g/mol. The summed E-state index contributed by atoms with van der Waals surface area (Å²) >= 11 is 0. The van der Waals surface area contributed by atoms with E-state index in [0.717, 1.165) is 25.7 Å². The molecule has 4 aliphatic carbocycles. The summed E-state index contributed by atoms with van der Waals surface area (Å²) in [5, 5.41) is 10.6. The summed E-state index contributed by atoms with van der Waals surface area (Å²) in [5.74, 6) is 1.18. The summed E-state index contributed by atoms with van der Waals surface area (Å²) in [6, 6.07) is 0. The number of alkyl halides is 3. The molecule has 0 aromatic carbocycles. The maximum atomic E-state index is 13.6. The minimum absolute atomic E-state index is 0.0537. The highest BCUT2D eigenvalue weighted by molar-refractivity contribution is 5.91. The third-order valence-electron chi connectivity index (χ3n) is 7.92. The molecule has 0 aliphatic heterocycles. The van der Waals surface area contributed by atoms with E-state index in [1.165, 1.54) is 5.57 Å². The molecule has 0 bridgehead atoms. The third-order valence-corrected chi connectivity index (χ3v) is 7.92. The van der Waals surface area contributed by atoms with E-state index in [9.17, 15) is 23.1 Å². The summed E-state index contributed by atoms with van der Waals surface area (Å²) in [6.07, 6.45) is 1.89. The number of ketones is 1. The molecule has 0 heterocycles. The Morgan fingerprint density at radius 1 is 1.08 bits per heavy atom. The van der Waals surface area contributed by atoms with Crippen LogP contribution >= 0.6 is 0 Å². The van der Waals surface area contributed by atoms with Crippen LogP contribution < -0.4 is 0 Å². The Bertz CT molecular complexity index is 596. The van der Waals surface area contributed by atoms with Gasteiger partial charge in [0.05, 0.1) is 0 Å². The average Bonchev–Trinajstić information content (AvgIpc) is 2.79. The van der Waals surface area contributed by atoms with Crippen LogP contribution in [0, 0.1) is 29.1 Å². The predicted molar refractivity (Wildman–Crippen MR) is 83.1 cm³/mol. The fraction of sp³-hybridized carbons (Fsp3) is 0.842. The fourth-order valence-corrected chi connectivity index (χ4v) is 6.66. The molecule has 0 radical (unpaired) electrons. The van der Waals surface area contributed by atoms with E-state index in [4.69, 9.17) is 0 Å². The molecule has 6 atom stereocenters. The van der Waals surface area contributed by atoms with Gasteiger partial charge in [-0.1, -0.05) is 12.5 Å². The first-order chi connectivity index (χ1) is 11.2. The van der Waals surface area contributed by atoms with Crippen molar-refractivity contribution in [1.29, 1.82) is 0 Å². The quantitative estimate of drug-likeness (QED) is 0.707. The highest BCUT2D eigenvalue weighted by Gasteiger charge is 2.71. The van der Waals surface area contributed by atoms with Crippen molar-refractivity contribution >= 4 is 5.78 Å². The second-order valence-electron chi connectivity index (χ2n) is 8.66. The van der Waals surface area contributed by atoms with E-state index < -0.39 is 17.2 Å². The zero-order valence-electron chi connectivity index (χ0n) is 14.0. The van der Waals surface area contributed by atoms with Crippen LogP contribution in [0.1, 0.15) is 58.3 Å². The Balaban J connectivity index is 1.65. The van der Waals surface area contributed by atoms with Gasteiger partial charge in [0.2, 0.25) is 0 Å². The molecule has 134 valence electrons. The van der Waals surface area contributed by atoms with Crippen molar-refractivity contribution in [3.05, 3.63) is 11.6 Å². The standard InChI is InChI=1S/C19H25F3O2/c1-17-8-6-14-13-5-3-12(23)10-11(13)2-4-15(14)16(17)7-9-18(17,24)19(20,21)22/h10,13-16,24H,2-9H2,1H3/t13-,14+,15+,16-,17-,18-/m0/s1. The molecular weight excluding hydrogens is 317 g/mol. The molecule has 24 heavy (non-hydrogen) atoms. The van der Waals surface area contributed by atoms with E-state index >= 15 is 0 Å². The first-order valence-corrected chi connectivity index (χ1v) is 9.20. The molecule has 4 rings (SSSR count). The molecule has 0 spiro atoms. The van der Waals surface area contributed by atoms with Gasteiger partial charge in [0, 0.05) is 11.8 Å². The highest BCUT2D eigenvalue weighted by Crippen LogP contribution is 2.67. The molecule has 0 saturated heterocycles. The van der Waals surface area contributed by atoms with Crippen molar-refractivity contribution in [2.45, 2.75) is 70.1 Å². The van der Waals surface area contributed by atoms with E-state index in [0.29, 0.717) is 31.1 Å². The number of allylic oxidation sites excluding steroid dienone is 1. The SMILES string of the molecule is C[C@]12CC[C@H]3[C@@H](CCC4=CC(=O)CC[C@@H]43)[C@@H]1CC[C@@]2(O)C(F)(F)F. The monoisotopic (exact) mass is 342 g/mol. The van der Waals surface area contributed by atoms with Gasteiger partial charge >= 0.3 is 6.18 Å². The molecule has 5 heteroatoms. The van der Waals surface area contributed by atoms with Gasteiger partial charge in [-0.3, -0.25) is 4.79 Å². The number of carbonyl (C=O) groups is 1. The van der Waals surface area contributed by atoms with E-state index in [-0.39, 0.29) is 24.0 Å². The van der Waals surface area contributed by atoms with Crippen molar-refractivity contribution in [2.75, 3.05) is 0 Å². The number of rotatable bonds is 0. The zero-order chi connectivity index (χ0) is 17.3. The number of hydrogen-bond acceptors (Lipinski definition) is 2. The van der Waals surface area contributed by atoms with Crippen LogP contribution in [0.15, 0.2) is 11.6 Å². The normalized spacial score (nSPS) is 48.4. The Labute approximate surface area is 140 Å². The zero-order valence-corrected chi connectivity index (χ0v) is 14.0. The summed E-state index contributed by atoms with van der Waals surface area (Å²) in [4.78, 5) is 11.7. The van der Waals surface area contributed by atoms with Crippen LogP contribution in [0.3, 0.4) is 0 Å². The molecule has 0 unspecified atom stereocenters. The van der Waals surface area contributed by atoms with Crippen LogP contribution in [-0.2, 0) is 4.79 Å². The lowest BCUT2D eigenvalue weighted by Crippen LogP contribution is -2.59. The minimum Gasteiger partial charge on any atom is -0.380 e. The largest absolute Gasteiger partial charge is 0.417 e. The van der Waals surface area contributed by atoms with Crippen LogP contribution in [-0.4, -0.2) is 22.7 Å². The molecule has 0 aromatic heterocycles. The van der Waals surface area contributed by atoms with Crippen LogP contribution in [0.2, 0.25) is 0 Å². The highest BCUT2D eigenvalue weighted by atomic mass is 19.4. The van der Waals surface area contributed by atoms with Gasteiger partial charge in [0.25, 0.3) is 0 Å². The lowest BCUT2D eigenvalue weighted by atomic mass is 9.50. The minimum atomic E-state index is -4.56. The second kappa shape index (κ2) is 5.09. The first-order valence-electron chi connectivity index (χ1n) is 9.20. The Morgan fingerprint density at radius 3 is 2.54 bits per heavy atom. The van der Waals surface area contributed by atoms with Crippen molar-refractivity contribution in [3.63, 3.8) is 0 Å². The molecule has 3 fully saturated rings. The van der Waals surface area contributed by atoms with Gasteiger partial charge in [-0.15, -0.1) is 0 Å². The van der Waals surface area contributed by atoms with Gasteiger partial charge in [-0.2, -0.15) is 13.2 Å². The summed E-state index contributed by atoms with van der Waals surface area (Å²) in [6.45, 7) is 1.67. The molecule has 2 nitrogen and oxygen atoms in total. The van der Waals surface area contributed by atoms with Crippen molar-refractivity contribution < 1.29 is 23.1 Å². The van der Waals surface area contributed by atoms with Crippen LogP contribution in [0.4, 0.5) is 13.2 Å². The van der Waals surface area contributed by atoms with Gasteiger partial charge in [0.1, 0.15) is 0 Å². The number of carbonyl (C=O) groups excluding carboxylic acids is 1. The molecule has 0 aromatic rings. The Kier molecular flexibility index (Phi) is 3.52. The summed E-state index contributed by atoms with van der Waals surface area (Å²) in [7, 11) is 0. The molecule has 4 aliphatic rings. The molecule has 0 amide bonds. The Morgan fingerprint density at radius 2 is 1.83 bits per heavy atom. The van der Waals surface area contributed by atoms with Crippen molar-refractivity contribution in [3.8, 4) is 0 Å². The van der Waals surface area contributed by atoms with E-state index in [2.05, 4.69) is 0 Å². The first kappa shape index (κ1) is 16.6. The van der Waals surface area contributed by atoms with Crippen LogP contribution in [0.25, 0.3) is 0 Å². The lowest BCUT2D eigenvalue weighted by molar-refractivity contribution is -0.302. The van der Waals surface area contributed by atoms with Gasteiger partial charge < -0.3 is 5.11 Å². The van der Waals surface area contributed by atoms with Crippen molar-refractivity contribution in [2.24, 2.45) is 29.1 Å². The number of halogens is 3. The predicted octanol–water partition coefficient (Wildman–Crippen LogP) is 4.42. The van der Waals surface area contributed by atoms with E-state index in [1.54, 1.807) is 13.0 Å². The van der Waals surface area contributed by atoms with Gasteiger partial charge in [-0.25, -0.2) is 0 Å². The third kappa shape index (κ3) is 2.03. The maximum Gasteiger partial charge on any atom is 0.417 e. The lowest BCUT2D eigenvalue weighted by Gasteiger charge is -2.55. The summed E-state index contributed by atoms with van der Waals surface area (Å²) < 4.78 is 40.8. The number of aliphatic hydroxyl groups is 1. The molecule has 3 saturated carbocycles. The van der Waals surface area contributed by atoms with Gasteiger partial charge in [0.15, 0.2) is 11.4 Å². The maximum absolute atomic E-state index is 13.6. The van der Waals surface area contributed by atoms with Crippen molar-refractivity contribution in [1.82, 2.24) is 0 Å². The topological polar surface area (TPSA) is 37.3 Å². The summed E-state index contributed by atoms with van der Waals surface area (Å²) in [5.41, 5.74) is -2.35. The van der Waals surface area contributed by atoms with E-state index in [1.807, 2.05) is 0 Å².